The molecule has 0 aliphatic carbocycles. The molecule has 146 valence electrons. The van der Waals surface area contributed by atoms with Gasteiger partial charge >= 0.3 is 5.69 Å². The molecule has 0 spiro atoms. The van der Waals surface area contributed by atoms with E-state index in [4.69, 9.17) is 0 Å². The molecule has 10 heteroatoms. The third-order valence-corrected chi connectivity index (χ3v) is 6.70. The monoisotopic (exact) mass is 393 g/mol. The largest absolute Gasteiger partial charge is 0.370 e. The van der Waals surface area contributed by atoms with Crippen LogP contribution in [-0.4, -0.2) is 53.0 Å². The molecule has 0 amide bonds. The number of hydrogen-bond acceptors (Lipinski definition) is 6. The predicted octanol–water partition coefficient (Wildman–Crippen LogP) is -0.312. The molecule has 0 aromatic carbocycles. The number of pyridine rings is 1. The minimum atomic E-state index is -3.99. The highest BCUT2D eigenvalue weighted by Gasteiger charge is 2.30. The number of hydrogen-bond donors (Lipinski definition) is 0. The molecule has 9 nitrogen and oxygen atoms in total. The molecule has 0 unspecified atom stereocenters. The van der Waals surface area contributed by atoms with Crippen molar-refractivity contribution in [2.24, 2.45) is 14.1 Å². The second kappa shape index (κ2) is 7.28. The maximum Gasteiger partial charge on any atom is 0.330 e. The highest BCUT2D eigenvalue weighted by molar-refractivity contribution is 7.89. The van der Waals surface area contributed by atoms with Crippen molar-refractivity contribution in [3.05, 3.63) is 51.1 Å². The van der Waals surface area contributed by atoms with Gasteiger partial charge in [-0.15, -0.1) is 0 Å². The molecule has 1 aliphatic heterocycles. The lowest BCUT2D eigenvalue weighted by Gasteiger charge is -2.24. The van der Waals surface area contributed by atoms with Crippen LogP contribution in [0.15, 0.2) is 39.1 Å². The van der Waals surface area contributed by atoms with Crippen LogP contribution in [0.2, 0.25) is 0 Å². The Kier molecular flexibility index (Phi) is 5.20. The van der Waals surface area contributed by atoms with Crippen molar-refractivity contribution >= 4 is 15.7 Å². The average Bonchev–Trinajstić information content (AvgIpc) is 2.90. The Morgan fingerprint density at radius 1 is 1.07 bits per heavy atom. The molecule has 1 aliphatic rings. The Morgan fingerprint density at radius 2 is 1.81 bits per heavy atom. The van der Waals surface area contributed by atoms with Crippen LogP contribution in [-0.2, 0) is 24.1 Å². The van der Waals surface area contributed by atoms with Gasteiger partial charge in [0.05, 0.1) is 0 Å². The van der Waals surface area contributed by atoms with Gasteiger partial charge in [0.2, 0.25) is 10.0 Å². The van der Waals surface area contributed by atoms with Crippen LogP contribution in [0.1, 0.15) is 12.0 Å². The molecule has 0 saturated carbocycles. The Hall–Kier alpha value is -2.46. The minimum absolute atomic E-state index is 0.260. The number of sulfonamides is 1. The lowest BCUT2D eigenvalue weighted by atomic mass is 10.2. The number of aromatic nitrogens is 3. The van der Waals surface area contributed by atoms with E-state index in [1.165, 1.54) is 18.4 Å². The van der Waals surface area contributed by atoms with E-state index in [9.17, 15) is 18.0 Å². The maximum atomic E-state index is 13.1. The molecule has 27 heavy (non-hydrogen) atoms. The molecule has 1 saturated heterocycles. The van der Waals surface area contributed by atoms with Gasteiger partial charge in [0.15, 0.2) is 4.90 Å². The molecule has 2 aromatic heterocycles. The van der Waals surface area contributed by atoms with Crippen LogP contribution in [0, 0.1) is 6.92 Å². The van der Waals surface area contributed by atoms with Crippen molar-refractivity contribution in [3.8, 4) is 0 Å². The molecule has 0 atom stereocenters. The average molecular weight is 393 g/mol. The van der Waals surface area contributed by atoms with E-state index >= 15 is 0 Å². The maximum absolute atomic E-state index is 13.1. The topological polar surface area (TPSA) is 97.5 Å². The normalized spacial score (nSPS) is 16.3. The van der Waals surface area contributed by atoms with Crippen LogP contribution in [0.5, 0.6) is 0 Å². The SMILES string of the molecule is Cc1cnccc1N1CCCN(S(=O)(=O)c2cn(C)c(=O)n(C)c2=O)CC1. The summed E-state index contributed by atoms with van der Waals surface area (Å²) in [6.45, 7) is 3.76. The van der Waals surface area contributed by atoms with Gasteiger partial charge in [0.1, 0.15) is 0 Å². The number of aryl methyl sites for hydroxylation is 2. The molecule has 0 N–H and O–H groups in total. The van der Waals surface area contributed by atoms with E-state index in [-0.39, 0.29) is 11.4 Å². The highest BCUT2D eigenvalue weighted by Crippen LogP contribution is 2.21. The summed E-state index contributed by atoms with van der Waals surface area (Å²) in [4.78, 5) is 30.1. The lowest BCUT2D eigenvalue weighted by molar-refractivity contribution is 0.430. The van der Waals surface area contributed by atoms with Gasteiger partial charge in [-0.25, -0.2) is 13.2 Å². The first kappa shape index (κ1) is 19.3. The first-order valence-electron chi connectivity index (χ1n) is 8.66. The molecule has 2 aromatic rings. The standard InChI is InChI=1S/C17H23N5O4S/c1-13-11-18-6-5-14(13)21-7-4-8-22(10-9-21)27(25,26)15-12-19(2)17(24)20(3)16(15)23/h5-6,11-12H,4,7-10H2,1-3H3. The molecule has 3 rings (SSSR count). The lowest BCUT2D eigenvalue weighted by Crippen LogP contribution is -2.43. The van der Waals surface area contributed by atoms with Crippen molar-refractivity contribution in [1.29, 1.82) is 0 Å². The van der Waals surface area contributed by atoms with Gasteiger partial charge in [0.25, 0.3) is 5.56 Å². The number of rotatable bonds is 3. The van der Waals surface area contributed by atoms with Gasteiger partial charge in [-0.1, -0.05) is 0 Å². The Labute approximate surface area is 157 Å². The van der Waals surface area contributed by atoms with Crippen LogP contribution in [0.25, 0.3) is 0 Å². The second-order valence-electron chi connectivity index (χ2n) is 6.66. The summed E-state index contributed by atoms with van der Waals surface area (Å²) >= 11 is 0. The summed E-state index contributed by atoms with van der Waals surface area (Å²) < 4.78 is 29.4. The Bertz CT molecular complexity index is 1070. The molecule has 0 radical (unpaired) electrons. The van der Waals surface area contributed by atoms with Gasteiger partial charge in [-0.2, -0.15) is 4.31 Å². The minimum Gasteiger partial charge on any atom is -0.370 e. The van der Waals surface area contributed by atoms with Crippen LogP contribution in [0.4, 0.5) is 5.69 Å². The summed E-state index contributed by atoms with van der Waals surface area (Å²) in [5.41, 5.74) is 0.696. The smallest absolute Gasteiger partial charge is 0.330 e. The van der Waals surface area contributed by atoms with Crippen molar-refractivity contribution in [2.45, 2.75) is 18.2 Å². The van der Waals surface area contributed by atoms with Crippen molar-refractivity contribution in [2.75, 3.05) is 31.1 Å². The third kappa shape index (κ3) is 3.54. The fraction of sp³-hybridized carbons (Fsp3) is 0.471. The van der Waals surface area contributed by atoms with Gasteiger partial charge in [0, 0.05) is 64.6 Å². The van der Waals surface area contributed by atoms with E-state index in [2.05, 4.69) is 9.88 Å². The van der Waals surface area contributed by atoms with Crippen molar-refractivity contribution in [3.63, 3.8) is 0 Å². The summed E-state index contributed by atoms with van der Waals surface area (Å²) in [5, 5.41) is 0. The summed E-state index contributed by atoms with van der Waals surface area (Å²) in [6, 6.07) is 1.92. The molecule has 0 bridgehead atoms. The predicted molar refractivity (Wildman–Crippen MR) is 101 cm³/mol. The summed E-state index contributed by atoms with van der Waals surface area (Å²) in [6.07, 6.45) is 5.24. The Balaban J connectivity index is 1.91. The van der Waals surface area contributed by atoms with Crippen molar-refractivity contribution in [1.82, 2.24) is 18.4 Å². The summed E-state index contributed by atoms with van der Waals surface area (Å²) in [5.74, 6) is 0. The van der Waals surface area contributed by atoms with E-state index in [1.54, 1.807) is 12.4 Å². The first-order valence-corrected chi connectivity index (χ1v) is 10.1. The zero-order chi connectivity index (χ0) is 19.8. The van der Waals surface area contributed by atoms with Gasteiger partial charge < -0.3 is 9.47 Å². The van der Waals surface area contributed by atoms with E-state index in [0.29, 0.717) is 26.1 Å². The van der Waals surface area contributed by atoms with E-state index in [1.807, 2.05) is 13.0 Å². The van der Waals surface area contributed by atoms with Gasteiger partial charge in [-0.05, 0) is 25.0 Å². The summed E-state index contributed by atoms with van der Waals surface area (Å²) in [7, 11) is -1.29. The van der Waals surface area contributed by atoms with E-state index < -0.39 is 21.3 Å². The number of nitrogens with zero attached hydrogens (tertiary/aromatic N) is 5. The van der Waals surface area contributed by atoms with Crippen LogP contribution < -0.4 is 16.1 Å². The molecular formula is C17H23N5O4S. The van der Waals surface area contributed by atoms with E-state index in [0.717, 1.165) is 26.6 Å². The fourth-order valence-electron chi connectivity index (χ4n) is 3.29. The van der Waals surface area contributed by atoms with Gasteiger partial charge in [-0.3, -0.25) is 14.3 Å². The molecular weight excluding hydrogens is 370 g/mol. The highest BCUT2D eigenvalue weighted by atomic mass is 32.2. The second-order valence-corrected chi connectivity index (χ2v) is 8.56. The zero-order valence-electron chi connectivity index (χ0n) is 15.6. The third-order valence-electron chi connectivity index (χ3n) is 4.82. The van der Waals surface area contributed by atoms with Crippen LogP contribution in [0.3, 0.4) is 0 Å². The van der Waals surface area contributed by atoms with Crippen molar-refractivity contribution < 1.29 is 8.42 Å². The molecule has 1 fully saturated rings. The molecule has 3 heterocycles. The Morgan fingerprint density at radius 3 is 2.52 bits per heavy atom. The number of anilines is 1. The first-order chi connectivity index (χ1) is 12.7. The van der Waals surface area contributed by atoms with Crippen LogP contribution >= 0.6 is 0 Å². The zero-order valence-corrected chi connectivity index (χ0v) is 16.4. The quantitative estimate of drug-likeness (QED) is 0.710. The fourth-order valence-corrected chi connectivity index (χ4v) is 4.91.